The Balaban J connectivity index is 1.76. The summed E-state index contributed by atoms with van der Waals surface area (Å²) >= 11 is 0. The molecule has 7 nitrogen and oxygen atoms in total. The molecule has 1 N–H and O–H groups in total. The highest BCUT2D eigenvalue weighted by Crippen LogP contribution is 2.15. The SMILES string of the molecule is CN(CC(=O)NC(C)(C)C)C(=O)CCCc1nc(-c2ccccc2)no1. The van der Waals surface area contributed by atoms with Gasteiger partial charge in [0.15, 0.2) is 0 Å². The molecule has 0 fully saturated rings. The second-order valence-electron chi connectivity index (χ2n) is 7.28. The van der Waals surface area contributed by atoms with Gasteiger partial charge in [-0.05, 0) is 27.2 Å². The fraction of sp³-hybridized carbons (Fsp3) is 0.474. The zero-order valence-corrected chi connectivity index (χ0v) is 15.8. The fourth-order valence-corrected chi connectivity index (χ4v) is 2.40. The summed E-state index contributed by atoms with van der Waals surface area (Å²) in [6.07, 6.45) is 1.43. The van der Waals surface area contributed by atoms with E-state index in [0.717, 1.165) is 5.56 Å². The van der Waals surface area contributed by atoms with E-state index in [4.69, 9.17) is 4.52 Å². The molecular formula is C19H26N4O3. The van der Waals surface area contributed by atoms with Crippen LogP contribution in [0.1, 0.15) is 39.5 Å². The number of rotatable bonds is 7. The van der Waals surface area contributed by atoms with Gasteiger partial charge in [-0.2, -0.15) is 4.98 Å². The smallest absolute Gasteiger partial charge is 0.240 e. The number of nitrogens with one attached hydrogen (secondary N) is 1. The first-order valence-corrected chi connectivity index (χ1v) is 8.67. The largest absolute Gasteiger partial charge is 0.350 e. The van der Waals surface area contributed by atoms with Gasteiger partial charge in [0.1, 0.15) is 0 Å². The molecule has 0 spiro atoms. The van der Waals surface area contributed by atoms with Crippen LogP contribution in [0.5, 0.6) is 0 Å². The molecule has 0 aliphatic carbocycles. The van der Waals surface area contributed by atoms with E-state index in [1.165, 1.54) is 4.90 Å². The standard InChI is InChI=1S/C19H26N4O3/c1-19(2,3)21-15(24)13-23(4)17(25)12-8-11-16-20-18(22-26-16)14-9-6-5-7-10-14/h5-7,9-10H,8,11-13H2,1-4H3,(H,21,24). The summed E-state index contributed by atoms with van der Waals surface area (Å²) in [5, 5.41) is 6.80. The minimum atomic E-state index is -0.310. The van der Waals surface area contributed by atoms with Gasteiger partial charge in [-0.15, -0.1) is 0 Å². The average Bonchev–Trinajstić information content (AvgIpc) is 3.02. The summed E-state index contributed by atoms with van der Waals surface area (Å²) in [6.45, 7) is 5.76. The number of hydrogen-bond donors (Lipinski definition) is 1. The van der Waals surface area contributed by atoms with E-state index in [-0.39, 0.29) is 23.9 Å². The monoisotopic (exact) mass is 358 g/mol. The molecule has 7 heteroatoms. The van der Waals surface area contributed by atoms with Gasteiger partial charge in [-0.3, -0.25) is 9.59 Å². The average molecular weight is 358 g/mol. The molecule has 0 bridgehead atoms. The van der Waals surface area contributed by atoms with Gasteiger partial charge in [0.05, 0.1) is 6.54 Å². The van der Waals surface area contributed by atoms with E-state index in [2.05, 4.69) is 15.5 Å². The molecule has 0 atom stereocenters. The van der Waals surface area contributed by atoms with Crippen LogP contribution in [0.3, 0.4) is 0 Å². The Kier molecular flexibility index (Phi) is 6.49. The normalized spacial score (nSPS) is 11.2. The van der Waals surface area contributed by atoms with Gasteiger partial charge in [-0.1, -0.05) is 35.5 Å². The van der Waals surface area contributed by atoms with E-state index in [1.54, 1.807) is 7.05 Å². The Labute approximate surface area is 153 Å². The van der Waals surface area contributed by atoms with Crippen molar-refractivity contribution < 1.29 is 14.1 Å². The molecule has 2 aromatic rings. The van der Waals surface area contributed by atoms with Gasteiger partial charge in [0, 0.05) is 31.0 Å². The predicted octanol–water partition coefficient (Wildman–Crippen LogP) is 2.43. The molecule has 0 unspecified atom stereocenters. The third-order valence-electron chi connectivity index (χ3n) is 3.60. The van der Waals surface area contributed by atoms with Crippen LogP contribution in [0.15, 0.2) is 34.9 Å². The van der Waals surface area contributed by atoms with Gasteiger partial charge in [0.25, 0.3) is 0 Å². The van der Waals surface area contributed by atoms with E-state index in [0.29, 0.717) is 31.0 Å². The van der Waals surface area contributed by atoms with Gasteiger partial charge in [-0.25, -0.2) is 0 Å². The molecule has 0 saturated heterocycles. The lowest BCUT2D eigenvalue weighted by atomic mass is 10.1. The second kappa shape index (κ2) is 8.60. The molecule has 1 aromatic heterocycles. The van der Waals surface area contributed by atoms with Gasteiger partial charge < -0.3 is 14.7 Å². The van der Waals surface area contributed by atoms with Crippen molar-refractivity contribution in [2.24, 2.45) is 0 Å². The molecule has 0 radical (unpaired) electrons. The fourth-order valence-electron chi connectivity index (χ4n) is 2.40. The molecule has 26 heavy (non-hydrogen) atoms. The first-order chi connectivity index (χ1) is 12.2. The topological polar surface area (TPSA) is 88.3 Å². The van der Waals surface area contributed by atoms with Crippen molar-refractivity contribution in [2.75, 3.05) is 13.6 Å². The highest BCUT2D eigenvalue weighted by molar-refractivity contribution is 5.84. The summed E-state index contributed by atoms with van der Waals surface area (Å²) in [5.74, 6) is 0.794. The van der Waals surface area contributed by atoms with Crippen LogP contribution in [0.4, 0.5) is 0 Å². The molecule has 0 aliphatic heterocycles. The van der Waals surface area contributed by atoms with E-state index in [1.807, 2.05) is 51.1 Å². The molecule has 0 aliphatic rings. The summed E-state index contributed by atoms with van der Waals surface area (Å²) in [6, 6.07) is 9.57. The molecule has 140 valence electrons. The lowest BCUT2D eigenvalue weighted by molar-refractivity contribution is -0.135. The Morgan fingerprint density at radius 2 is 1.88 bits per heavy atom. The summed E-state index contributed by atoms with van der Waals surface area (Å²) in [4.78, 5) is 29.8. The maximum Gasteiger partial charge on any atom is 0.240 e. The quantitative estimate of drug-likeness (QED) is 0.821. The number of likely N-dealkylation sites (N-methyl/N-ethyl adjacent to an activating group) is 1. The minimum Gasteiger partial charge on any atom is -0.350 e. The Bertz CT molecular complexity index is 735. The predicted molar refractivity (Wildman–Crippen MR) is 98.2 cm³/mol. The van der Waals surface area contributed by atoms with Crippen LogP contribution >= 0.6 is 0 Å². The Morgan fingerprint density at radius 3 is 2.54 bits per heavy atom. The van der Waals surface area contributed by atoms with Crippen LogP contribution in [-0.2, 0) is 16.0 Å². The lowest BCUT2D eigenvalue weighted by Crippen LogP contribution is -2.46. The third kappa shape index (κ3) is 6.31. The van der Waals surface area contributed by atoms with Crippen LogP contribution in [0.2, 0.25) is 0 Å². The molecule has 0 saturated carbocycles. The van der Waals surface area contributed by atoms with E-state index in [9.17, 15) is 9.59 Å². The van der Waals surface area contributed by atoms with Crippen LogP contribution in [-0.4, -0.2) is 46.0 Å². The van der Waals surface area contributed by atoms with Crippen LogP contribution < -0.4 is 5.32 Å². The van der Waals surface area contributed by atoms with Crippen molar-refractivity contribution in [3.05, 3.63) is 36.2 Å². The number of carbonyl (C=O) groups excluding carboxylic acids is 2. The summed E-state index contributed by atoms with van der Waals surface area (Å²) < 4.78 is 5.23. The number of carbonyl (C=O) groups is 2. The van der Waals surface area contributed by atoms with Gasteiger partial charge >= 0.3 is 0 Å². The zero-order valence-electron chi connectivity index (χ0n) is 15.8. The second-order valence-corrected chi connectivity index (χ2v) is 7.28. The first-order valence-electron chi connectivity index (χ1n) is 8.67. The van der Waals surface area contributed by atoms with Crippen molar-refractivity contribution in [3.63, 3.8) is 0 Å². The highest BCUT2D eigenvalue weighted by atomic mass is 16.5. The molecule has 2 amide bonds. The minimum absolute atomic E-state index is 0.0504. The highest BCUT2D eigenvalue weighted by Gasteiger charge is 2.18. The van der Waals surface area contributed by atoms with Crippen molar-refractivity contribution in [1.29, 1.82) is 0 Å². The first kappa shape index (κ1) is 19.6. The van der Waals surface area contributed by atoms with Crippen LogP contribution in [0, 0.1) is 0 Å². The number of benzene rings is 1. The summed E-state index contributed by atoms with van der Waals surface area (Å²) in [7, 11) is 1.63. The van der Waals surface area contributed by atoms with E-state index >= 15 is 0 Å². The zero-order chi connectivity index (χ0) is 19.2. The molecule has 1 aromatic carbocycles. The van der Waals surface area contributed by atoms with Crippen molar-refractivity contribution in [1.82, 2.24) is 20.4 Å². The van der Waals surface area contributed by atoms with E-state index < -0.39 is 0 Å². The Hall–Kier alpha value is -2.70. The maximum atomic E-state index is 12.1. The van der Waals surface area contributed by atoms with Gasteiger partial charge in [0.2, 0.25) is 23.5 Å². The number of nitrogens with zero attached hydrogens (tertiary/aromatic N) is 3. The third-order valence-corrected chi connectivity index (χ3v) is 3.60. The number of aryl methyl sites for hydroxylation is 1. The van der Waals surface area contributed by atoms with Crippen LogP contribution in [0.25, 0.3) is 11.4 Å². The van der Waals surface area contributed by atoms with Crippen molar-refractivity contribution in [3.8, 4) is 11.4 Å². The van der Waals surface area contributed by atoms with Crippen molar-refractivity contribution >= 4 is 11.8 Å². The summed E-state index contributed by atoms with van der Waals surface area (Å²) in [5.41, 5.74) is 0.582. The molecule has 2 rings (SSSR count). The maximum absolute atomic E-state index is 12.1. The number of aromatic nitrogens is 2. The van der Waals surface area contributed by atoms with Crippen molar-refractivity contribution in [2.45, 2.75) is 45.6 Å². The Morgan fingerprint density at radius 1 is 1.19 bits per heavy atom. The lowest BCUT2D eigenvalue weighted by Gasteiger charge is -2.23. The molecular weight excluding hydrogens is 332 g/mol. The number of amides is 2. The number of hydrogen-bond acceptors (Lipinski definition) is 5. The molecule has 1 heterocycles.